The van der Waals surface area contributed by atoms with Crippen LogP contribution >= 0.6 is 0 Å². The van der Waals surface area contributed by atoms with Gasteiger partial charge in [-0.3, -0.25) is 0 Å². The van der Waals surface area contributed by atoms with Gasteiger partial charge in [-0.2, -0.15) is 0 Å². The number of rotatable bonds is 5. The molecule has 0 aromatic carbocycles. The summed E-state index contributed by atoms with van der Waals surface area (Å²) >= 11 is 0. The molecule has 1 N–H and O–H groups in total. The number of nitrogens with one attached hydrogen (secondary N) is 1. The van der Waals surface area contributed by atoms with Gasteiger partial charge >= 0.3 is 0 Å². The third kappa shape index (κ3) is 4.31. The quantitative estimate of drug-likeness (QED) is 0.883. The Bertz CT molecular complexity index is 484. The van der Waals surface area contributed by atoms with E-state index in [4.69, 9.17) is 0 Å². The number of hydrogen-bond donors (Lipinski definition) is 1. The number of aromatic nitrogens is 2. The van der Waals surface area contributed by atoms with E-state index >= 15 is 0 Å². The minimum atomic E-state index is -2.90. The fourth-order valence-corrected chi connectivity index (χ4v) is 4.03. The maximum Gasteiger partial charge on any atom is 0.150 e. The predicted molar refractivity (Wildman–Crippen MR) is 75.7 cm³/mol. The Kier molecular flexibility index (Phi) is 4.62. The molecule has 5 nitrogen and oxygen atoms in total. The van der Waals surface area contributed by atoms with E-state index in [9.17, 15) is 8.42 Å². The Morgan fingerprint density at radius 2 is 2.26 bits per heavy atom. The van der Waals surface area contributed by atoms with Crippen molar-refractivity contribution in [3.8, 4) is 0 Å². The van der Waals surface area contributed by atoms with E-state index in [1.54, 1.807) is 12.5 Å². The molecule has 0 amide bonds. The first-order chi connectivity index (χ1) is 8.95. The van der Waals surface area contributed by atoms with E-state index in [2.05, 4.69) is 17.2 Å². The van der Waals surface area contributed by atoms with Gasteiger partial charge in [0.25, 0.3) is 0 Å². The fraction of sp³-hybridized carbons (Fsp3) is 0.769. The highest BCUT2D eigenvalue weighted by Crippen LogP contribution is 2.24. The van der Waals surface area contributed by atoms with E-state index in [-0.39, 0.29) is 5.25 Å². The maximum absolute atomic E-state index is 11.6. The Balaban J connectivity index is 1.85. The summed E-state index contributed by atoms with van der Waals surface area (Å²) in [6.07, 6.45) is 10.5. The molecule has 1 aromatic rings. The van der Waals surface area contributed by atoms with Gasteiger partial charge in [-0.25, -0.2) is 13.4 Å². The summed E-state index contributed by atoms with van der Waals surface area (Å²) in [4.78, 5) is 4.02. The molecule has 0 spiro atoms. The summed E-state index contributed by atoms with van der Waals surface area (Å²) in [5, 5.41) is 3.38. The fourth-order valence-electron chi connectivity index (χ4n) is 2.85. The first-order valence-electron chi connectivity index (χ1n) is 6.86. The highest BCUT2D eigenvalue weighted by molar-refractivity contribution is 7.91. The molecular formula is C13H23N3O2S. The van der Waals surface area contributed by atoms with Crippen molar-refractivity contribution in [1.29, 1.82) is 0 Å². The molecule has 3 unspecified atom stereocenters. The maximum atomic E-state index is 11.6. The second-order valence-electron chi connectivity index (χ2n) is 5.64. The SMILES string of the molecule is CC(Cn1ccnc1)NC1CCCC(S(C)(=O)=O)C1. The highest BCUT2D eigenvalue weighted by Gasteiger charge is 2.29. The average molecular weight is 285 g/mol. The molecule has 6 heteroatoms. The molecule has 0 radical (unpaired) electrons. The molecule has 0 aliphatic heterocycles. The van der Waals surface area contributed by atoms with Crippen LogP contribution in [0.3, 0.4) is 0 Å². The number of imidazole rings is 1. The zero-order valence-electron chi connectivity index (χ0n) is 11.6. The van der Waals surface area contributed by atoms with Gasteiger partial charge in [0, 0.05) is 37.3 Å². The molecule has 1 aromatic heterocycles. The van der Waals surface area contributed by atoms with E-state index in [0.717, 1.165) is 32.2 Å². The topological polar surface area (TPSA) is 64.0 Å². The molecule has 1 saturated carbocycles. The van der Waals surface area contributed by atoms with Crippen LogP contribution in [-0.4, -0.2) is 41.6 Å². The van der Waals surface area contributed by atoms with Crippen molar-refractivity contribution in [2.45, 2.75) is 56.5 Å². The van der Waals surface area contributed by atoms with Crippen molar-refractivity contribution < 1.29 is 8.42 Å². The Hall–Kier alpha value is -0.880. The van der Waals surface area contributed by atoms with Crippen LogP contribution in [0, 0.1) is 0 Å². The lowest BCUT2D eigenvalue weighted by Gasteiger charge is -2.31. The van der Waals surface area contributed by atoms with Crippen molar-refractivity contribution in [3.05, 3.63) is 18.7 Å². The molecule has 0 saturated heterocycles. The van der Waals surface area contributed by atoms with E-state index < -0.39 is 9.84 Å². The van der Waals surface area contributed by atoms with Crippen molar-refractivity contribution in [2.24, 2.45) is 0 Å². The van der Waals surface area contributed by atoms with Gasteiger partial charge in [-0.1, -0.05) is 6.42 Å². The normalized spacial score (nSPS) is 26.2. The molecule has 2 rings (SSSR count). The molecule has 1 heterocycles. The van der Waals surface area contributed by atoms with Crippen LogP contribution in [0.4, 0.5) is 0 Å². The smallest absolute Gasteiger partial charge is 0.150 e. The summed E-state index contributed by atoms with van der Waals surface area (Å²) in [6, 6.07) is 0.629. The average Bonchev–Trinajstić information content (AvgIpc) is 2.80. The van der Waals surface area contributed by atoms with E-state index in [1.807, 2.05) is 10.8 Å². The van der Waals surface area contributed by atoms with Crippen LogP contribution < -0.4 is 5.32 Å². The lowest BCUT2D eigenvalue weighted by Crippen LogP contribution is -2.44. The van der Waals surface area contributed by atoms with Crippen LogP contribution in [0.25, 0.3) is 0 Å². The number of hydrogen-bond acceptors (Lipinski definition) is 4. The van der Waals surface area contributed by atoms with Crippen molar-refractivity contribution in [3.63, 3.8) is 0 Å². The minimum absolute atomic E-state index is 0.167. The van der Waals surface area contributed by atoms with Gasteiger partial charge < -0.3 is 9.88 Å². The van der Waals surface area contributed by atoms with E-state index in [1.165, 1.54) is 6.26 Å². The molecule has 1 aliphatic rings. The van der Waals surface area contributed by atoms with Crippen molar-refractivity contribution >= 4 is 9.84 Å². The summed E-state index contributed by atoms with van der Waals surface area (Å²) in [6.45, 7) is 2.99. The monoisotopic (exact) mass is 285 g/mol. The molecule has 108 valence electrons. The standard InChI is InChI=1S/C13H23N3O2S/c1-11(9-16-7-6-14-10-16)15-12-4-3-5-13(8-12)19(2,17)18/h6-7,10-13,15H,3-5,8-9H2,1-2H3. The Labute approximate surface area is 115 Å². The number of sulfone groups is 1. The molecule has 1 aliphatic carbocycles. The number of nitrogens with zero attached hydrogens (tertiary/aromatic N) is 2. The third-order valence-electron chi connectivity index (χ3n) is 3.80. The summed E-state index contributed by atoms with van der Waals surface area (Å²) in [7, 11) is -2.90. The molecule has 0 bridgehead atoms. The summed E-state index contributed by atoms with van der Waals surface area (Å²) < 4.78 is 25.3. The van der Waals surface area contributed by atoms with Gasteiger partial charge in [0.05, 0.1) is 11.6 Å². The van der Waals surface area contributed by atoms with E-state index in [0.29, 0.717) is 12.1 Å². The zero-order valence-corrected chi connectivity index (χ0v) is 12.4. The summed E-state index contributed by atoms with van der Waals surface area (Å²) in [5.74, 6) is 0. The second-order valence-corrected chi connectivity index (χ2v) is 7.97. The highest BCUT2D eigenvalue weighted by atomic mass is 32.2. The Morgan fingerprint density at radius 3 is 2.89 bits per heavy atom. The first kappa shape index (κ1) is 14.5. The van der Waals surface area contributed by atoms with Crippen molar-refractivity contribution in [1.82, 2.24) is 14.9 Å². The largest absolute Gasteiger partial charge is 0.336 e. The van der Waals surface area contributed by atoms with Gasteiger partial charge in [0.15, 0.2) is 0 Å². The first-order valence-corrected chi connectivity index (χ1v) is 8.81. The molecule has 3 atom stereocenters. The van der Waals surface area contributed by atoms with Crippen molar-refractivity contribution in [2.75, 3.05) is 6.26 Å². The van der Waals surface area contributed by atoms with Gasteiger partial charge in [-0.15, -0.1) is 0 Å². The van der Waals surface area contributed by atoms with Crippen LogP contribution in [0.5, 0.6) is 0 Å². The van der Waals surface area contributed by atoms with Gasteiger partial charge in [-0.05, 0) is 26.2 Å². The van der Waals surface area contributed by atoms with Gasteiger partial charge in [0.1, 0.15) is 9.84 Å². The molecule has 19 heavy (non-hydrogen) atoms. The summed E-state index contributed by atoms with van der Waals surface area (Å²) in [5.41, 5.74) is 0. The third-order valence-corrected chi connectivity index (χ3v) is 5.43. The lowest BCUT2D eigenvalue weighted by molar-refractivity contribution is 0.328. The van der Waals surface area contributed by atoms with Crippen LogP contribution in [0.2, 0.25) is 0 Å². The van der Waals surface area contributed by atoms with Crippen LogP contribution in [0.15, 0.2) is 18.7 Å². The van der Waals surface area contributed by atoms with Crippen LogP contribution in [-0.2, 0) is 16.4 Å². The second kappa shape index (κ2) is 6.05. The zero-order chi connectivity index (χ0) is 13.9. The van der Waals surface area contributed by atoms with Gasteiger partial charge in [0.2, 0.25) is 0 Å². The predicted octanol–water partition coefficient (Wildman–Crippen LogP) is 1.22. The Morgan fingerprint density at radius 1 is 1.47 bits per heavy atom. The lowest BCUT2D eigenvalue weighted by atomic mass is 9.94. The molecule has 1 fully saturated rings. The minimum Gasteiger partial charge on any atom is -0.336 e. The molecular weight excluding hydrogens is 262 g/mol. The van der Waals surface area contributed by atoms with Crippen LogP contribution in [0.1, 0.15) is 32.6 Å².